The van der Waals surface area contributed by atoms with Crippen LogP contribution in [0.15, 0.2) is 35.2 Å². The fraction of sp³-hybridized carbons (Fsp3) is 0.385. The van der Waals surface area contributed by atoms with Gasteiger partial charge in [-0.05, 0) is 37.3 Å². The highest BCUT2D eigenvalue weighted by molar-refractivity contribution is 7.99. The third-order valence-electron chi connectivity index (χ3n) is 5.11. The molecule has 1 N–H and O–H groups in total. The molecule has 0 heterocycles. The highest BCUT2D eigenvalue weighted by Gasteiger charge is 2.34. The van der Waals surface area contributed by atoms with Crippen LogP contribution in [-0.2, 0) is 33.3 Å². The Morgan fingerprint density at radius 2 is 1.49 bits per heavy atom. The number of nitrogens with one attached hydrogen (secondary N) is 1. The number of carbonyl (C=O) groups is 4. The number of hydrogen-bond acceptors (Lipinski definition) is 9. The van der Waals surface area contributed by atoms with Crippen molar-refractivity contribution in [3.63, 3.8) is 0 Å². The lowest BCUT2D eigenvalue weighted by molar-refractivity contribution is -0.169. The Morgan fingerprint density at radius 1 is 0.878 bits per heavy atom. The van der Waals surface area contributed by atoms with Crippen molar-refractivity contribution < 1.29 is 51.3 Å². The van der Waals surface area contributed by atoms with E-state index in [4.69, 9.17) is 42.1 Å². The average Bonchev–Trinajstić information content (AvgIpc) is 2.87. The topological polar surface area (TPSA) is 117 Å². The Balaban J connectivity index is 2.42. The molecule has 0 aliphatic rings. The van der Waals surface area contributed by atoms with Gasteiger partial charge in [0.15, 0.2) is 23.6 Å². The first-order valence-electron chi connectivity index (χ1n) is 11.9. The minimum absolute atomic E-state index is 0.192. The van der Waals surface area contributed by atoms with Crippen molar-refractivity contribution in [1.29, 1.82) is 0 Å². The molecule has 0 radical (unpaired) electrons. The molecule has 4 atom stereocenters. The van der Waals surface area contributed by atoms with E-state index in [9.17, 15) is 32.3 Å². The van der Waals surface area contributed by atoms with E-state index in [2.05, 4.69) is 5.32 Å². The van der Waals surface area contributed by atoms with Crippen molar-refractivity contribution in [3.05, 3.63) is 63.4 Å². The first-order chi connectivity index (χ1) is 19.2. The second kappa shape index (κ2) is 15.9. The van der Waals surface area contributed by atoms with Crippen LogP contribution < -0.4 is 5.32 Å². The van der Waals surface area contributed by atoms with Crippen LogP contribution in [0.25, 0.3) is 0 Å². The Morgan fingerprint density at radius 3 is 2.02 bits per heavy atom. The van der Waals surface area contributed by atoms with Crippen LogP contribution in [0.4, 0.5) is 13.2 Å². The summed E-state index contributed by atoms with van der Waals surface area (Å²) in [6.45, 7) is 4.08. The third kappa shape index (κ3) is 11.1. The average molecular weight is 640 g/mol. The minimum atomic E-state index is -1.74. The number of thioether (sulfide) groups is 1. The zero-order valence-electron chi connectivity index (χ0n) is 22.2. The fourth-order valence-corrected chi connectivity index (χ4v) is 4.72. The smallest absolute Gasteiger partial charge is 0.303 e. The molecule has 0 aliphatic heterocycles. The van der Waals surface area contributed by atoms with Gasteiger partial charge < -0.3 is 24.3 Å². The summed E-state index contributed by atoms with van der Waals surface area (Å²) in [4.78, 5) is 48.2. The van der Waals surface area contributed by atoms with E-state index in [1.54, 1.807) is 6.07 Å². The maximum absolute atomic E-state index is 13.7. The van der Waals surface area contributed by atoms with Gasteiger partial charge in [-0.15, -0.1) is 0 Å². The van der Waals surface area contributed by atoms with E-state index in [0.717, 1.165) is 25.6 Å². The van der Waals surface area contributed by atoms with Crippen LogP contribution in [0.2, 0.25) is 10.0 Å². The Bertz CT molecular complexity index is 1260. The van der Waals surface area contributed by atoms with Crippen LogP contribution in [0.3, 0.4) is 0 Å². The van der Waals surface area contributed by atoms with Crippen molar-refractivity contribution in [2.24, 2.45) is 0 Å². The molecule has 2 aromatic carbocycles. The lowest BCUT2D eigenvalue weighted by Crippen LogP contribution is -2.46. The fourth-order valence-electron chi connectivity index (χ4n) is 3.26. The number of hydrogen-bond donors (Lipinski definition) is 1. The van der Waals surface area contributed by atoms with E-state index in [-0.39, 0.29) is 16.7 Å². The number of rotatable bonds is 13. The summed E-state index contributed by atoms with van der Waals surface area (Å²) in [5.74, 6) is -7.98. The molecule has 2 rings (SSSR count). The number of halogens is 5. The molecule has 0 aromatic heterocycles. The van der Waals surface area contributed by atoms with E-state index in [1.807, 2.05) is 0 Å². The van der Waals surface area contributed by atoms with E-state index in [1.165, 1.54) is 26.0 Å². The lowest BCUT2D eigenvalue weighted by Gasteiger charge is -2.32. The summed E-state index contributed by atoms with van der Waals surface area (Å²) < 4.78 is 62.4. The normalized spacial score (nSPS) is 13.9. The summed E-state index contributed by atoms with van der Waals surface area (Å²) in [6, 6.07) is 5.58. The quantitative estimate of drug-likeness (QED) is 0.105. The van der Waals surface area contributed by atoms with Crippen molar-refractivity contribution in [3.8, 4) is 0 Å². The van der Waals surface area contributed by atoms with Gasteiger partial charge >= 0.3 is 17.9 Å². The van der Waals surface area contributed by atoms with E-state index in [0.29, 0.717) is 17.0 Å². The summed E-state index contributed by atoms with van der Waals surface area (Å²) in [6.07, 6.45) is -3.32. The molecule has 41 heavy (non-hydrogen) atoms. The van der Waals surface area contributed by atoms with Crippen molar-refractivity contribution in [2.45, 2.75) is 56.3 Å². The first kappa shape index (κ1) is 34.2. The molecule has 2 aromatic rings. The molecule has 0 saturated heterocycles. The standard InChI is InChI=1S/C26H26Cl2F3NO8S/c1-12(38-14(3)34)23(11-37-13(2)33)40-26(41-17-5-6-18(27)19(28)9-17)22(39-15(4)35)10-32-25(36)16-7-20(29)24(31)21(30)8-16/h5-9,12,22-23,26H,10-11H2,1-4H3,(H,32,36)/t12-,22+,23?,26?/m1/s1. The molecule has 0 aliphatic carbocycles. The minimum Gasteiger partial charge on any atom is -0.463 e. The van der Waals surface area contributed by atoms with Gasteiger partial charge in [-0.3, -0.25) is 19.2 Å². The maximum Gasteiger partial charge on any atom is 0.303 e. The summed E-state index contributed by atoms with van der Waals surface area (Å²) in [5, 5.41) is 2.82. The van der Waals surface area contributed by atoms with Crippen LogP contribution >= 0.6 is 35.0 Å². The van der Waals surface area contributed by atoms with Gasteiger partial charge in [0.05, 0.1) is 16.6 Å². The molecule has 224 valence electrons. The Kier molecular flexibility index (Phi) is 13.2. The molecular formula is C26H26Cl2F3NO8S. The highest BCUT2D eigenvalue weighted by Crippen LogP contribution is 2.34. The monoisotopic (exact) mass is 639 g/mol. The van der Waals surface area contributed by atoms with Gasteiger partial charge in [-0.1, -0.05) is 35.0 Å². The molecule has 9 nitrogen and oxygen atoms in total. The second-order valence-electron chi connectivity index (χ2n) is 8.47. The highest BCUT2D eigenvalue weighted by atomic mass is 35.5. The van der Waals surface area contributed by atoms with E-state index < -0.39 is 77.1 Å². The molecule has 0 bridgehead atoms. The van der Waals surface area contributed by atoms with Gasteiger partial charge in [-0.25, -0.2) is 13.2 Å². The Labute approximate surface area is 247 Å². The first-order valence-corrected chi connectivity index (χ1v) is 13.5. The van der Waals surface area contributed by atoms with Crippen molar-refractivity contribution in [2.75, 3.05) is 13.2 Å². The zero-order chi connectivity index (χ0) is 30.9. The zero-order valence-corrected chi connectivity index (χ0v) is 24.5. The number of amides is 1. The van der Waals surface area contributed by atoms with Crippen LogP contribution in [-0.4, -0.2) is 60.7 Å². The summed E-state index contributed by atoms with van der Waals surface area (Å²) in [7, 11) is 0. The molecular weight excluding hydrogens is 614 g/mol. The van der Waals surface area contributed by atoms with Gasteiger partial charge in [0, 0.05) is 31.2 Å². The Hall–Kier alpha value is -3.00. The second-order valence-corrected chi connectivity index (χ2v) is 10.5. The van der Waals surface area contributed by atoms with Gasteiger partial charge in [0.2, 0.25) is 0 Å². The predicted molar refractivity (Wildman–Crippen MR) is 143 cm³/mol. The lowest BCUT2D eigenvalue weighted by atomic mass is 10.2. The van der Waals surface area contributed by atoms with E-state index >= 15 is 0 Å². The number of esters is 3. The molecule has 0 saturated carbocycles. The molecule has 0 spiro atoms. The van der Waals surface area contributed by atoms with Gasteiger partial charge in [0.1, 0.15) is 24.3 Å². The number of benzene rings is 2. The SMILES string of the molecule is CC(=O)OCC(OC(Sc1ccc(Cl)c(Cl)c1)[C@H](CNC(=O)c1cc(F)c(F)c(F)c1)OC(C)=O)[C@@H](C)OC(C)=O. The summed E-state index contributed by atoms with van der Waals surface area (Å²) in [5.41, 5.74) is -1.72. The molecule has 0 fully saturated rings. The van der Waals surface area contributed by atoms with Gasteiger partial charge in [-0.2, -0.15) is 0 Å². The number of ether oxygens (including phenoxy) is 4. The maximum atomic E-state index is 13.7. The molecule has 15 heteroatoms. The largest absolute Gasteiger partial charge is 0.463 e. The van der Waals surface area contributed by atoms with Gasteiger partial charge in [0.25, 0.3) is 5.91 Å². The van der Waals surface area contributed by atoms with Crippen LogP contribution in [0.5, 0.6) is 0 Å². The van der Waals surface area contributed by atoms with Crippen LogP contribution in [0.1, 0.15) is 38.1 Å². The molecule has 1 amide bonds. The number of carbonyl (C=O) groups excluding carboxylic acids is 4. The van der Waals surface area contributed by atoms with Crippen LogP contribution in [0, 0.1) is 17.5 Å². The van der Waals surface area contributed by atoms with Crippen molar-refractivity contribution in [1.82, 2.24) is 5.32 Å². The predicted octanol–water partition coefficient (Wildman–Crippen LogP) is 5.09. The molecule has 2 unspecified atom stereocenters. The summed E-state index contributed by atoms with van der Waals surface area (Å²) >= 11 is 13.1. The van der Waals surface area contributed by atoms with Crippen molar-refractivity contribution >= 4 is 58.8 Å². The third-order valence-corrected chi connectivity index (χ3v) is 7.02.